The highest BCUT2D eigenvalue weighted by Gasteiger charge is 2.34. The average Bonchev–Trinajstić information content (AvgIpc) is 3.29. The summed E-state index contributed by atoms with van der Waals surface area (Å²) >= 11 is 0. The number of hydrogen-bond acceptors (Lipinski definition) is 4. The highest BCUT2D eigenvalue weighted by molar-refractivity contribution is 5.87. The van der Waals surface area contributed by atoms with Gasteiger partial charge in [0.2, 0.25) is 11.8 Å². The van der Waals surface area contributed by atoms with E-state index in [1.807, 2.05) is 54.6 Å². The zero-order valence-corrected chi connectivity index (χ0v) is 20.7. The largest absolute Gasteiger partial charge is 0.480 e. The summed E-state index contributed by atoms with van der Waals surface area (Å²) < 4.78 is 0. The first-order valence-electron chi connectivity index (χ1n) is 12.6. The molecule has 1 unspecified atom stereocenters. The van der Waals surface area contributed by atoms with Gasteiger partial charge in [-0.1, -0.05) is 67.9 Å². The molecule has 35 heavy (non-hydrogen) atoms. The van der Waals surface area contributed by atoms with Crippen LogP contribution in [0.25, 0.3) is 0 Å². The Morgan fingerprint density at radius 3 is 2.26 bits per heavy atom. The van der Waals surface area contributed by atoms with Crippen molar-refractivity contribution in [3.63, 3.8) is 0 Å². The number of nitrogens with one attached hydrogen (secondary N) is 2. The van der Waals surface area contributed by atoms with Crippen molar-refractivity contribution in [1.82, 2.24) is 15.5 Å². The fourth-order valence-electron chi connectivity index (χ4n) is 4.67. The minimum absolute atomic E-state index is 0.132. The highest BCUT2D eigenvalue weighted by Crippen LogP contribution is 2.26. The Balaban J connectivity index is 1.69. The topological polar surface area (TPSA) is 98.7 Å². The van der Waals surface area contributed by atoms with Crippen molar-refractivity contribution in [2.45, 2.75) is 70.5 Å². The number of amides is 2. The van der Waals surface area contributed by atoms with Crippen molar-refractivity contribution in [2.75, 3.05) is 13.1 Å². The predicted octanol–water partition coefficient (Wildman–Crippen LogP) is 2.96. The van der Waals surface area contributed by atoms with E-state index in [0.717, 1.165) is 29.5 Å². The third-order valence-corrected chi connectivity index (χ3v) is 6.59. The second-order valence-electron chi connectivity index (χ2n) is 9.30. The van der Waals surface area contributed by atoms with Gasteiger partial charge in [0.1, 0.15) is 6.54 Å². The molecule has 188 valence electrons. The van der Waals surface area contributed by atoms with Crippen LogP contribution in [0.2, 0.25) is 0 Å². The average molecular weight is 480 g/mol. The maximum atomic E-state index is 13.5. The van der Waals surface area contributed by atoms with E-state index in [0.29, 0.717) is 32.2 Å². The molecule has 0 aromatic heterocycles. The molecule has 0 fully saturated rings. The number of carbonyl (C=O) groups is 3. The van der Waals surface area contributed by atoms with Gasteiger partial charge in [0.25, 0.3) is 0 Å². The Labute approximate surface area is 207 Å². The fourth-order valence-corrected chi connectivity index (χ4v) is 4.67. The number of aryl methyl sites for hydroxylation is 1. The van der Waals surface area contributed by atoms with Crippen LogP contribution in [0.4, 0.5) is 0 Å². The Hall–Kier alpha value is -3.19. The highest BCUT2D eigenvalue weighted by atomic mass is 16.4. The lowest BCUT2D eigenvalue weighted by Gasteiger charge is -2.31. The molecule has 0 saturated carbocycles. The summed E-state index contributed by atoms with van der Waals surface area (Å²) in [4.78, 5) is 39.5. The van der Waals surface area contributed by atoms with E-state index < -0.39 is 18.1 Å². The van der Waals surface area contributed by atoms with Gasteiger partial charge in [-0.3, -0.25) is 19.7 Å². The van der Waals surface area contributed by atoms with E-state index in [1.54, 1.807) is 6.92 Å². The summed E-state index contributed by atoms with van der Waals surface area (Å²) in [7, 11) is 0. The van der Waals surface area contributed by atoms with E-state index in [9.17, 15) is 19.5 Å². The predicted molar refractivity (Wildman–Crippen MR) is 136 cm³/mol. The second-order valence-corrected chi connectivity index (χ2v) is 9.30. The smallest absolute Gasteiger partial charge is 0.323 e. The number of nitrogens with zero attached hydrogens (tertiary/aromatic N) is 1. The van der Waals surface area contributed by atoms with Gasteiger partial charge in [-0.2, -0.15) is 0 Å². The maximum Gasteiger partial charge on any atom is 0.323 e. The molecule has 3 rings (SSSR count). The molecule has 2 aromatic rings. The van der Waals surface area contributed by atoms with Crippen LogP contribution in [-0.2, 0) is 33.6 Å². The van der Waals surface area contributed by atoms with Crippen LogP contribution in [0.1, 0.15) is 49.8 Å². The van der Waals surface area contributed by atoms with Crippen molar-refractivity contribution in [2.24, 2.45) is 0 Å². The van der Waals surface area contributed by atoms with Crippen LogP contribution in [0, 0.1) is 0 Å². The summed E-state index contributed by atoms with van der Waals surface area (Å²) in [6.07, 6.45) is 4.37. The number of rotatable bonds is 13. The van der Waals surface area contributed by atoms with Crippen molar-refractivity contribution >= 4 is 17.8 Å². The van der Waals surface area contributed by atoms with Crippen molar-refractivity contribution in [3.8, 4) is 0 Å². The van der Waals surface area contributed by atoms with Gasteiger partial charge in [-0.25, -0.2) is 0 Å². The first-order valence-corrected chi connectivity index (χ1v) is 12.6. The summed E-state index contributed by atoms with van der Waals surface area (Å²) in [5.74, 6) is -1.47. The number of carboxylic acid groups (broad SMARTS) is 1. The van der Waals surface area contributed by atoms with Gasteiger partial charge < -0.3 is 15.3 Å². The molecule has 2 amide bonds. The number of hydrogen-bond donors (Lipinski definition) is 3. The first-order chi connectivity index (χ1) is 16.9. The summed E-state index contributed by atoms with van der Waals surface area (Å²) in [6.45, 7) is 4.01. The molecule has 1 aliphatic rings. The summed E-state index contributed by atoms with van der Waals surface area (Å²) in [6, 6.07) is 16.4. The molecule has 0 heterocycles. The monoisotopic (exact) mass is 479 g/mol. The van der Waals surface area contributed by atoms with Gasteiger partial charge >= 0.3 is 5.97 Å². The number of carboxylic acids is 1. The van der Waals surface area contributed by atoms with Gasteiger partial charge in [0.15, 0.2) is 0 Å². The molecule has 3 N–H and O–H groups in total. The van der Waals surface area contributed by atoms with Crippen molar-refractivity contribution < 1.29 is 19.5 Å². The molecule has 1 aliphatic carbocycles. The number of aliphatic carboxylic acids is 1. The standard InChI is InChI=1S/C28H37N3O4/c1-3-4-16-29-27(34)25(15-14-21-10-6-5-7-11-21)30-20(2)28(35)31(19-26(32)33)24-17-22-12-8-9-13-23(22)18-24/h5-13,20,24-25,30H,3-4,14-19H2,1-2H3,(H,29,34)(H,32,33)/t20-,25?/m0/s1. The Bertz CT molecular complexity index is 970. The van der Waals surface area contributed by atoms with Gasteiger partial charge in [-0.05, 0) is 55.7 Å². The van der Waals surface area contributed by atoms with Gasteiger partial charge in [0.05, 0.1) is 12.1 Å². The molecule has 2 atom stereocenters. The third kappa shape index (κ3) is 7.65. The molecule has 7 nitrogen and oxygen atoms in total. The number of benzene rings is 2. The molecule has 0 aliphatic heterocycles. The molecule has 0 saturated heterocycles. The Kier molecular flexibility index (Phi) is 9.85. The lowest BCUT2D eigenvalue weighted by Crippen LogP contribution is -2.56. The zero-order valence-electron chi connectivity index (χ0n) is 20.7. The molecule has 0 bridgehead atoms. The van der Waals surface area contributed by atoms with Crippen LogP contribution in [0.3, 0.4) is 0 Å². The Morgan fingerprint density at radius 1 is 1.03 bits per heavy atom. The van der Waals surface area contributed by atoms with Crippen molar-refractivity contribution in [1.29, 1.82) is 0 Å². The zero-order chi connectivity index (χ0) is 25.2. The second kappa shape index (κ2) is 13.0. The van der Waals surface area contributed by atoms with Crippen LogP contribution >= 0.6 is 0 Å². The lowest BCUT2D eigenvalue weighted by atomic mass is 10.0. The molecule has 0 radical (unpaired) electrons. The van der Waals surface area contributed by atoms with Crippen LogP contribution in [0.15, 0.2) is 54.6 Å². The minimum atomic E-state index is -1.04. The van der Waals surface area contributed by atoms with Crippen LogP contribution in [-0.4, -0.2) is 59.0 Å². The van der Waals surface area contributed by atoms with Crippen LogP contribution in [0.5, 0.6) is 0 Å². The number of unbranched alkanes of at least 4 members (excludes halogenated alkanes) is 1. The maximum absolute atomic E-state index is 13.5. The molecular weight excluding hydrogens is 442 g/mol. The molecule has 0 spiro atoms. The van der Waals surface area contributed by atoms with Crippen LogP contribution < -0.4 is 10.6 Å². The normalized spacial score (nSPS) is 14.7. The van der Waals surface area contributed by atoms with E-state index in [4.69, 9.17) is 0 Å². The Morgan fingerprint density at radius 2 is 1.66 bits per heavy atom. The lowest BCUT2D eigenvalue weighted by molar-refractivity contribution is -0.147. The number of carbonyl (C=O) groups excluding carboxylic acids is 2. The minimum Gasteiger partial charge on any atom is -0.480 e. The SMILES string of the molecule is CCCCNC(=O)C(CCc1ccccc1)N[C@@H](C)C(=O)N(CC(=O)O)C1Cc2ccccc2C1. The van der Waals surface area contributed by atoms with Gasteiger partial charge in [0, 0.05) is 12.6 Å². The number of fused-ring (bicyclic) bond motifs is 1. The molecule has 2 aromatic carbocycles. The first kappa shape index (κ1) is 26.4. The molecular formula is C28H37N3O4. The third-order valence-electron chi connectivity index (χ3n) is 6.59. The summed E-state index contributed by atoms with van der Waals surface area (Å²) in [5.41, 5.74) is 3.42. The molecule has 7 heteroatoms. The van der Waals surface area contributed by atoms with Crippen molar-refractivity contribution in [3.05, 3.63) is 71.3 Å². The van der Waals surface area contributed by atoms with Gasteiger partial charge in [-0.15, -0.1) is 0 Å². The summed E-state index contributed by atoms with van der Waals surface area (Å²) in [5, 5.41) is 15.7. The van der Waals surface area contributed by atoms with E-state index in [2.05, 4.69) is 17.6 Å². The van der Waals surface area contributed by atoms with E-state index in [-0.39, 0.29) is 24.4 Å². The fraction of sp³-hybridized carbons (Fsp3) is 0.464. The van der Waals surface area contributed by atoms with E-state index >= 15 is 0 Å². The quantitative estimate of drug-likeness (QED) is 0.384. The van der Waals surface area contributed by atoms with E-state index in [1.165, 1.54) is 4.90 Å².